The maximum Gasteiger partial charge on any atom is 0.325 e. The molecular weight excluding hydrogens is 344 g/mol. The molecule has 1 aromatic carbocycles. The largest absolute Gasteiger partial charge is 0.480 e. The number of hydrogen-bond donors (Lipinski definition) is 2. The van der Waals surface area contributed by atoms with Gasteiger partial charge in [-0.3, -0.25) is 9.59 Å². The van der Waals surface area contributed by atoms with Crippen LogP contribution in [0.3, 0.4) is 0 Å². The number of halogens is 2. The third kappa shape index (κ3) is 3.34. The number of amides is 1. The highest BCUT2D eigenvalue weighted by atomic mass is 127. The average molecular weight is 354 g/mol. The number of benzene rings is 1. The van der Waals surface area contributed by atoms with E-state index in [9.17, 15) is 9.59 Å². The lowest BCUT2D eigenvalue weighted by Crippen LogP contribution is -2.38. The van der Waals surface area contributed by atoms with Crippen LogP contribution in [0.4, 0.5) is 0 Å². The van der Waals surface area contributed by atoms with Gasteiger partial charge in [0.1, 0.15) is 6.04 Å². The fourth-order valence-corrected chi connectivity index (χ4v) is 1.76. The minimum Gasteiger partial charge on any atom is -0.480 e. The first-order valence-corrected chi connectivity index (χ1v) is 5.86. The van der Waals surface area contributed by atoms with Crippen molar-refractivity contribution in [3.05, 3.63) is 32.4 Å². The Hall–Kier alpha value is -0.820. The third-order valence-electron chi connectivity index (χ3n) is 1.89. The van der Waals surface area contributed by atoms with E-state index in [1.165, 1.54) is 13.0 Å². The van der Waals surface area contributed by atoms with Crippen LogP contribution in [0.5, 0.6) is 0 Å². The third-order valence-corrected chi connectivity index (χ3v) is 3.07. The zero-order valence-corrected chi connectivity index (χ0v) is 11.2. The van der Waals surface area contributed by atoms with E-state index < -0.39 is 17.9 Å². The smallest absolute Gasteiger partial charge is 0.325 e. The van der Waals surface area contributed by atoms with Gasteiger partial charge >= 0.3 is 5.97 Å². The molecule has 0 saturated carbocycles. The number of aliphatic carboxylic acids is 1. The molecule has 0 aliphatic rings. The van der Waals surface area contributed by atoms with Crippen molar-refractivity contribution in [2.45, 2.75) is 13.0 Å². The second-order valence-corrected chi connectivity index (χ2v) is 4.76. The van der Waals surface area contributed by atoms with Gasteiger partial charge in [-0.05, 0) is 47.7 Å². The maximum atomic E-state index is 11.7. The van der Waals surface area contributed by atoms with Gasteiger partial charge in [0.05, 0.1) is 5.56 Å². The summed E-state index contributed by atoms with van der Waals surface area (Å²) in [7, 11) is 0. The van der Waals surface area contributed by atoms with Crippen LogP contribution in [0.25, 0.3) is 0 Å². The quantitative estimate of drug-likeness (QED) is 0.818. The molecule has 86 valence electrons. The summed E-state index contributed by atoms with van der Waals surface area (Å²) < 4.78 is 0.720. The normalized spacial score (nSPS) is 11.9. The lowest BCUT2D eigenvalue weighted by atomic mass is 10.2. The molecule has 0 radical (unpaired) electrons. The monoisotopic (exact) mass is 353 g/mol. The van der Waals surface area contributed by atoms with Crippen LogP contribution in [-0.4, -0.2) is 23.0 Å². The van der Waals surface area contributed by atoms with E-state index >= 15 is 0 Å². The molecular formula is C10H9ClINO3. The first kappa shape index (κ1) is 13.2. The molecule has 0 aliphatic heterocycles. The Morgan fingerprint density at radius 3 is 2.69 bits per heavy atom. The number of nitrogens with one attached hydrogen (secondary N) is 1. The van der Waals surface area contributed by atoms with Crippen LogP contribution < -0.4 is 5.32 Å². The molecule has 0 heterocycles. The number of hydrogen-bond acceptors (Lipinski definition) is 2. The molecule has 0 spiro atoms. The van der Waals surface area contributed by atoms with Crippen molar-refractivity contribution in [2.24, 2.45) is 0 Å². The number of carbonyl (C=O) groups excluding carboxylic acids is 1. The van der Waals surface area contributed by atoms with Gasteiger partial charge in [0, 0.05) is 8.59 Å². The van der Waals surface area contributed by atoms with Crippen molar-refractivity contribution >= 4 is 46.1 Å². The summed E-state index contributed by atoms with van der Waals surface area (Å²) >= 11 is 7.75. The Morgan fingerprint density at radius 2 is 2.12 bits per heavy atom. The van der Waals surface area contributed by atoms with Crippen molar-refractivity contribution in [1.82, 2.24) is 5.32 Å². The molecule has 0 fully saturated rings. The van der Waals surface area contributed by atoms with Crippen molar-refractivity contribution in [3.63, 3.8) is 0 Å². The van der Waals surface area contributed by atoms with Crippen LogP contribution in [0.1, 0.15) is 17.3 Å². The minimum absolute atomic E-state index is 0.376. The average Bonchev–Trinajstić information content (AvgIpc) is 2.21. The second kappa shape index (κ2) is 5.49. The van der Waals surface area contributed by atoms with E-state index in [4.69, 9.17) is 16.7 Å². The topological polar surface area (TPSA) is 66.4 Å². The second-order valence-electron chi connectivity index (χ2n) is 3.16. The number of carboxylic acids is 1. The SMILES string of the molecule is C[C@H](NC(=O)c1cc(Cl)ccc1I)C(=O)O. The Bertz CT molecular complexity index is 436. The zero-order valence-electron chi connectivity index (χ0n) is 8.33. The number of carboxylic acid groups (broad SMARTS) is 1. The molecule has 1 atom stereocenters. The van der Waals surface area contributed by atoms with Gasteiger partial charge in [-0.1, -0.05) is 11.6 Å². The van der Waals surface area contributed by atoms with Gasteiger partial charge in [0.25, 0.3) is 5.91 Å². The molecule has 0 saturated heterocycles. The molecule has 0 aliphatic carbocycles. The van der Waals surface area contributed by atoms with E-state index in [1.807, 2.05) is 22.6 Å². The fourth-order valence-electron chi connectivity index (χ4n) is 1.01. The van der Waals surface area contributed by atoms with Crippen molar-refractivity contribution in [3.8, 4) is 0 Å². The molecule has 0 bridgehead atoms. The van der Waals surface area contributed by atoms with Gasteiger partial charge in [0.15, 0.2) is 0 Å². The van der Waals surface area contributed by atoms with Gasteiger partial charge in [-0.2, -0.15) is 0 Å². The summed E-state index contributed by atoms with van der Waals surface area (Å²) in [5.74, 6) is -1.52. The first-order valence-electron chi connectivity index (χ1n) is 4.40. The Morgan fingerprint density at radius 1 is 1.50 bits per heavy atom. The summed E-state index contributed by atoms with van der Waals surface area (Å²) in [6.07, 6.45) is 0. The van der Waals surface area contributed by atoms with Gasteiger partial charge in [-0.15, -0.1) is 0 Å². The van der Waals surface area contributed by atoms with Crippen LogP contribution in [0.2, 0.25) is 5.02 Å². The van der Waals surface area contributed by atoms with Crippen molar-refractivity contribution < 1.29 is 14.7 Å². The number of carbonyl (C=O) groups is 2. The molecule has 2 N–H and O–H groups in total. The van der Waals surface area contributed by atoms with Gasteiger partial charge in [-0.25, -0.2) is 0 Å². The van der Waals surface area contributed by atoms with Crippen LogP contribution >= 0.6 is 34.2 Å². The summed E-state index contributed by atoms with van der Waals surface area (Å²) in [4.78, 5) is 22.3. The molecule has 0 unspecified atom stereocenters. The van der Waals surface area contributed by atoms with Crippen LogP contribution in [-0.2, 0) is 4.79 Å². The fraction of sp³-hybridized carbons (Fsp3) is 0.200. The van der Waals surface area contributed by atoms with Crippen LogP contribution in [0.15, 0.2) is 18.2 Å². The van der Waals surface area contributed by atoms with Crippen molar-refractivity contribution in [1.29, 1.82) is 0 Å². The Labute approximate surface area is 111 Å². The standard InChI is InChI=1S/C10H9ClINO3/c1-5(10(15)16)13-9(14)7-4-6(11)2-3-8(7)12/h2-5H,1H3,(H,13,14)(H,15,16)/t5-/m0/s1. The lowest BCUT2D eigenvalue weighted by molar-refractivity contribution is -0.138. The molecule has 16 heavy (non-hydrogen) atoms. The highest BCUT2D eigenvalue weighted by Crippen LogP contribution is 2.17. The van der Waals surface area contributed by atoms with Crippen LogP contribution in [0, 0.1) is 3.57 Å². The van der Waals surface area contributed by atoms with Gasteiger partial charge in [0.2, 0.25) is 0 Å². The highest BCUT2D eigenvalue weighted by molar-refractivity contribution is 14.1. The van der Waals surface area contributed by atoms with E-state index in [2.05, 4.69) is 5.32 Å². The Kier molecular flexibility index (Phi) is 4.55. The van der Waals surface area contributed by atoms with E-state index in [0.29, 0.717) is 10.6 Å². The molecule has 6 heteroatoms. The molecule has 1 aromatic rings. The highest BCUT2D eigenvalue weighted by Gasteiger charge is 2.17. The maximum absolute atomic E-state index is 11.7. The minimum atomic E-state index is -1.08. The summed E-state index contributed by atoms with van der Waals surface area (Å²) in [5.41, 5.74) is 0.376. The molecule has 1 rings (SSSR count). The predicted molar refractivity (Wildman–Crippen MR) is 68.7 cm³/mol. The van der Waals surface area contributed by atoms with E-state index in [1.54, 1.807) is 12.1 Å². The zero-order chi connectivity index (χ0) is 12.3. The summed E-state index contributed by atoms with van der Waals surface area (Å²) in [6.45, 7) is 1.40. The lowest BCUT2D eigenvalue weighted by Gasteiger charge is -2.10. The van der Waals surface area contributed by atoms with E-state index in [0.717, 1.165) is 3.57 Å². The summed E-state index contributed by atoms with van der Waals surface area (Å²) in [5, 5.41) is 11.5. The van der Waals surface area contributed by atoms with Crippen molar-refractivity contribution in [2.75, 3.05) is 0 Å². The first-order chi connectivity index (χ1) is 7.41. The molecule has 4 nitrogen and oxygen atoms in total. The number of rotatable bonds is 3. The molecule has 1 amide bonds. The Balaban J connectivity index is 2.88. The van der Waals surface area contributed by atoms with Gasteiger partial charge < -0.3 is 10.4 Å². The summed E-state index contributed by atoms with van der Waals surface area (Å²) in [6, 6.07) is 3.94. The molecule has 0 aromatic heterocycles. The van der Waals surface area contributed by atoms with E-state index in [-0.39, 0.29) is 0 Å². The predicted octanol–water partition coefficient (Wildman–Crippen LogP) is 2.15.